The summed E-state index contributed by atoms with van der Waals surface area (Å²) >= 11 is 1.53. The molecule has 1 atom stereocenters. The second-order valence-electron chi connectivity index (χ2n) is 4.61. The minimum absolute atomic E-state index is 0.162. The first kappa shape index (κ1) is 14.3. The molecule has 0 aromatic carbocycles. The van der Waals surface area contributed by atoms with Crippen LogP contribution in [0.25, 0.3) is 0 Å². The molecule has 0 saturated carbocycles. The molecule has 6 heteroatoms. The van der Waals surface area contributed by atoms with Gasteiger partial charge >= 0.3 is 6.03 Å². The smallest absolute Gasteiger partial charge is 0.315 e. The summed E-state index contributed by atoms with van der Waals surface area (Å²) < 4.78 is 5.23. The minimum atomic E-state index is -0.497. The monoisotopic (exact) mass is 284 g/mol. The van der Waals surface area contributed by atoms with Crippen LogP contribution in [-0.2, 0) is 4.74 Å². The minimum Gasteiger partial charge on any atom is -0.388 e. The number of amides is 2. The fraction of sp³-hybridized carbons (Fsp3) is 0.615. The molecule has 1 aromatic rings. The van der Waals surface area contributed by atoms with Crippen molar-refractivity contribution in [2.45, 2.75) is 31.4 Å². The third-order valence-corrected chi connectivity index (χ3v) is 4.11. The quantitative estimate of drug-likeness (QED) is 0.770. The Balaban J connectivity index is 1.61. The number of thiophene rings is 1. The van der Waals surface area contributed by atoms with E-state index >= 15 is 0 Å². The summed E-state index contributed by atoms with van der Waals surface area (Å²) in [5.41, 5.74) is 0. The molecule has 0 bridgehead atoms. The van der Waals surface area contributed by atoms with Crippen molar-refractivity contribution < 1.29 is 14.6 Å². The summed E-state index contributed by atoms with van der Waals surface area (Å²) in [5.74, 6) is 0. The Hall–Kier alpha value is -1.11. The highest BCUT2D eigenvalue weighted by Gasteiger charge is 2.16. The summed E-state index contributed by atoms with van der Waals surface area (Å²) in [4.78, 5) is 12.6. The Morgan fingerprint density at radius 3 is 3.00 bits per heavy atom. The van der Waals surface area contributed by atoms with E-state index in [1.165, 1.54) is 11.3 Å². The highest BCUT2D eigenvalue weighted by atomic mass is 32.1. The van der Waals surface area contributed by atoms with Crippen LogP contribution >= 0.6 is 11.3 Å². The Labute approximate surface area is 117 Å². The number of urea groups is 1. The molecule has 3 N–H and O–H groups in total. The molecule has 106 valence electrons. The third kappa shape index (κ3) is 4.81. The first-order valence-electron chi connectivity index (χ1n) is 6.59. The Kier molecular flexibility index (Phi) is 5.62. The number of aliphatic hydroxyl groups excluding tert-OH is 1. The van der Waals surface area contributed by atoms with E-state index in [1.54, 1.807) is 0 Å². The first-order valence-corrected chi connectivity index (χ1v) is 7.47. The second kappa shape index (κ2) is 7.47. The fourth-order valence-electron chi connectivity index (χ4n) is 2.02. The summed E-state index contributed by atoms with van der Waals surface area (Å²) in [5, 5.41) is 17.5. The molecule has 19 heavy (non-hydrogen) atoms. The van der Waals surface area contributed by atoms with E-state index in [4.69, 9.17) is 4.74 Å². The maximum Gasteiger partial charge on any atom is 0.315 e. The second-order valence-corrected chi connectivity index (χ2v) is 5.59. The van der Waals surface area contributed by atoms with E-state index < -0.39 is 6.10 Å². The lowest BCUT2D eigenvalue weighted by molar-refractivity contribution is 0.0800. The summed E-state index contributed by atoms with van der Waals surface area (Å²) in [6, 6.07) is 3.85. The van der Waals surface area contributed by atoms with E-state index in [0.717, 1.165) is 17.7 Å². The molecular formula is C13H20N2O3S. The molecule has 2 rings (SSSR count). The van der Waals surface area contributed by atoms with Crippen LogP contribution in [0.15, 0.2) is 17.5 Å². The molecule has 1 saturated heterocycles. The molecule has 2 amide bonds. The van der Waals surface area contributed by atoms with Gasteiger partial charge in [0.2, 0.25) is 0 Å². The van der Waals surface area contributed by atoms with E-state index in [9.17, 15) is 9.90 Å². The highest BCUT2D eigenvalue weighted by Crippen LogP contribution is 2.20. The number of carbonyl (C=O) groups is 1. The van der Waals surface area contributed by atoms with Gasteiger partial charge in [0, 0.05) is 30.7 Å². The summed E-state index contributed by atoms with van der Waals surface area (Å²) in [6.07, 6.45) is 1.77. The average Bonchev–Trinajstić information content (AvgIpc) is 2.93. The normalized spacial score (nSPS) is 17.9. The van der Waals surface area contributed by atoms with Crippen molar-refractivity contribution in [3.63, 3.8) is 0 Å². The van der Waals surface area contributed by atoms with Crippen LogP contribution in [0.3, 0.4) is 0 Å². The van der Waals surface area contributed by atoms with Crippen molar-refractivity contribution in [1.82, 2.24) is 10.6 Å². The largest absolute Gasteiger partial charge is 0.388 e. The van der Waals surface area contributed by atoms with Crippen molar-refractivity contribution in [2.24, 2.45) is 0 Å². The van der Waals surface area contributed by atoms with Crippen molar-refractivity contribution in [3.05, 3.63) is 22.4 Å². The van der Waals surface area contributed by atoms with Crippen molar-refractivity contribution in [1.29, 1.82) is 0 Å². The number of carbonyl (C=O) groups excluding carboxylic acids is 1. The van der Waals surface area contributed by atoms with Gasteiger partial charge in [-0.2, -0.15) is 0 Å². The van der Waals surface area contributed by atoms with Gasteiger partial charge < -0.3 is 20.5 Å². The fourth-order valence-corrected chi connectivity index (χ4v) is 2.77. The zero-order valence-electron chi connectivity index (χ0n) is 10.8. The van der Waals surface area contributed by atoms with Crippen molar-refractivity contribution in [2.75, 3.05) is 19.8 Å². The number of hydrogen-bond donors (Lipinski definition) is 3. The van der Waals surface area contributed by atoms with Crippen LogP contribution in [-0.4, -0.2) is 36.9 Å². The number of ether oxygens (including phenoxy) is 1. The van der Waals surface area contributed by atoms with E-state index in [2.05, 4.69) is 10.6 Å². The topological polar surface area (TPSA) is 70.6 Å². The van der Waals surface area contributed by atoms with Crippen molar-refractivity contribution >= 4 is 17.4 Å². The zero-order valence-corrected chi connectivity index (χ0v) is 11.6. The zero-order chi connectivity index (χ0) is 13.5. The lowest BCUT2D eigenvalue weighted by Gasteiger charge is -2.23. The maximum absolute atomic E-state index is 11.6. The SMILES string of the molecule is O=C(NCC[C@H](O)c1cccs1)NC1CCOCC1. The molecule has 5 nitrogen and oxygen atoms in total. The molecule has 1 aliphatic rings. The first-order chi connectivity index (χ1) is 9.25. The van der Waals surface area contributed by atoms with Crippen LogP contribution in [0.1, 0.15) is 30.2 Å². The Morgan fingerprint density at radius 1 is 1.53 bits per heavy atom. The third-order valence-electron chi connectivity index (χ3n) is 3.13. The predicted octanol–water partition coefficient (Wildman–Crippen LogP) is 1.65. The number of rotatable bonds is 5. The summed E-state index contributed by atoms with van der Waals surface area (Å²) in [7, 11) is 0. The average molecular weight is 284 g/mol. The standard InChI is InChI=1S/C13H20N2O3S/c16-11(12-2-1-9-19-12)3-6-14-13(17)15-10-4-7-18-8-5-10/h1-2,9-11,16H,3-8H2,(H2,14,15,17)/t11-/m0/s1. The molecule has 0 aliphatic carbocycles. The molecule has 0 radical (unpaired) electrons. The highest BCUT2D eigenvalue weighted by molar-refractivity contribution is 7.10. The molecule has 0 unspecified atom stereocenters. The van der Waals surface area contributed by atoms with Gasteiger partial charge in [-0.25, -0.2) is 4.79 Å². The van der Waals surface area contributed by atoms with Gasteiger partial charge in [-0.3, -0.25) is 0 Å². The Bertz CT molecular complexity index is 377. The summed E-state index contributed by atoms with van der Waals surface area (Å²) in [6.45, 7) is 1.89. The van der Waals surface area contributed by atoms with Gasteiger partial charge in [0.25, 0.3) is 0 Å². The maximum atomic E-state index is 11.6. The van der Waals surface area contributed by atoms with E-state index in [-0.39, 0.29) is 12.1 Å². The van der Waals surface area contributed by atoms with Gasteiger partial charge in [-0.15, -0.1) is 11.3 Å². The van der Waals surface area contributed by atoms with Crippen molar-refractivity contribution in [3.8, 4) is 0 Å². The van der Waals surface area contributed by atoms with Gasteiger partial charge in [-0.05, 0) is 30.7 Å². The van der Waals surface area contributed by atoms with Gasteiger partial charge in [0.1, 0.15) is 0 Å². The van der Waals surface area contributed by atoms with E-state index in [0.29, 0.717) is 26.2 Å². The van der Waals surface area contributed by atoms with Crippen LogP contribution < -0.4 is 10.6 Å². The molecule has 1 aromatic heterocycles. The van der Waals surface area contributed by atoms with Crippen LogP contribution in [0.2, 0.25) is 0 Å². The van der Waals surface area contributed by atoms with Crippen LogP contribution in [0, 0.1) is 0 Å². The lowest BCUT2D eigenvalue weighted by atomic mass is 10.1. The van der Waals surface area contributed by atoms with Gasteiger partial charge in [0.05, 0.1) is 6.10 Å². The molecule has 1 fully saturated rings. The van der Waals surface area contributed by atoms with Crippen LogP contribution in [0.5, 0.6) is 0 Å². The lowest BCUT2D eigenvalue weighted by Crippen LogP contribution is -2.44. The van der Waals surface area contributed by atoms with E-state index in [1.807, 2.05) is 17.5 Å². The van der Waals surface area contributed by atoms with Gasteiger partial charge in [0.15, 0.2) is 0 Å². The number of hydrogen-bond acceptors (Lipinski definition) is 4. The molecule has 0 spiro atoms. The molecule has 1 aliphatic heterocycles. The molecule has 2 heterocycles. The van der Waals surface area contributed by atoms with Crippen LogP contribution in [0.4, 0.5) is 4.79 Å². The Morgan fingerprint density at radius 2 is 2.32 bits per heavy atom. The molecular weight excluding hydrogens is 264 g/mol. The number of nitrogens with one attached hydrogen (secondary N) is 2. The number of aliphatic hydroxyl groups is 1. The predicted molar refractivity (Wildman–Crippen MR) is 74.3 cm³/mol. The van der Waals surface area contributed by atoms with Gasteiger partial charge in [-0.1, -0.05) is 6.07 Å².